The van der Waals surface area contributed by atoms with Gasteiger partial charge in [0.2, 0.25) is 0 Å². The minimum atomic E-state index is 0.362. The molecule has 0 fully saturated rings. The van der Waals surface area contributed by atoms with E-state index in [4.69, 9.17) is 0 Å². The Kier molecular flexibility index (Phi) is 5.38. The molecule has 1 unspecified atom stereocenters. The van der Waals surface area contributed by atoms with Crippen LogP contribution < -0.4 is 5.32 Å². The monoisotopic (exact) mass is 331 g/mol. The molecule has 0 aliphatic heterocycles. The van der Waals surface area contributed by atoms with Gasteiger partial charge < -0.3 is 5.32 Å². The molecule has 2 rings (SSSR count). The first kappa shape index (κ1) is 15.3. The lowest BCUT2D eigenvalue weighted by molar-refractivity contribution is 0.543. The Labute approximate surface area is 130 Å². The van der Waals surface area contributed by atoms with Crippen molar-refractivity contribution in [2.24, 2.45) is 0 Å². The second-order valence-corrected chi connectivity index (χ2v) is 6.08. The normalized spacial score (nSPS) is 12.6. The summed E-state index contributed by atoms with van der Waals surface area (Å²) < 4.78 is 1.13. The van der Waals surface area contributed by atoms with E-state index in [0.29, 0.717) is 6.04 Å². The lowest BCUT2D eigenvalue weighted by atomic mass is 9.96. The van der Waals surface area contributed by atoms with Gasteiger partial charge in [-0.15, -0.1) is 0 Å². The molecule has 0 amide bonds. The van der Waals surface area contributed by atoms with Gasteiger partial charge in [-0.3, -0.25) is 0 Å². The smallest absolute Gasteiger partial charge is 0.0357 e. The number of hydrogen-bond donors (Lipinski definition) is 1. The Morgan fingerprint density at radius 3 is 2.55 bits per heavy atom. The standard InChI is InChI=1S/C18H22BrN/c1-4-13(3)10-18(20-5-2)16-7-6-15-12-17(19)9-8-14(15)11-16/h6-9,11-12,18,20H,3-5,10H2,1-2H3. The van der Waals surface area contributed by atoms with Gasteiger partial charge in [0.25, 0.3) is 0 Å². The van der Waals surface area contributed by atoms with E-state index in [9.17, 15) is 0 Å². The Balaban J connectivity index is 2.32. The third-order valence-electron chi connectivity index (χ3n) is 3.67. The van der Waals surface area contributed by atoms with Gasteiger partial charge in [0, 0.05) is 10.5 Å². The number of nitrogens with one attached hydrogen (secondary N) is 1. The molecule has 0 spiro atoms. The maximum absolute atomic E-state index is 4.15. The van der Waals surface area contributed by atoms with Gasteiger partial charge in [0.05, 0.1) is 0 Å². The van der Waals surface area contributed by atoms with Crippen LogP contribution in [0, 0.1) is 0 Å². The Morgan fingerprint density at radius 1 is 1.15 bits per heavy atom. The van der Waals surface area contributed by atoms with Crippen molar-refractivity contribution in [2.45, 2.75) is 32.7 Å². The zero-order valence-electron chi connectivity index (χ0n) is 12.2. The summed E-state index contributed by atoms with van der Waals surface area (Å²) in [7, 11) is 0. The van der Waals surface area contributed by atoms with Crippen LogP contribution in [0.25, 0.3) is 10.8 Å². The van der Waals surface area contributed by atoms with E-state index in [-0.39, 0.29) is 0 Å². The van der Waals surface area contributed by atoms with Gasteiger partial charge >= 0.3 is 0 Å². The van der Waals surface area contributed by atoms with Crippen molar-refractivity contribution in [2.75, 3.05) is 6.54 Å². The third-order valence-corrected chi connectivity index (χ3v) is 4.17. The number of fused-ring (bicyclic) bond motifs is 1. The van der Waals surface area contributed by atoms with Crippen LogP contribution in [0.2, 0.25) is 0 Å². The quantitative estimate of drug-likeness (QED) is 0.678. The van der Waals surface area contributed by atoms with E-state index in [0.717, 1.165) is 23.9 Å². The van der Waals surface area contributed by atoms with E-state index in [1.165, 1.54) is 21.9 Å². The Bertz CT molecular complexity index is 603. The lowest BCUT2D eigenvalue weighted by Crippen LogP contribution is -2.21. The second kappa shape index (κ2) is 7.05. The first-order valence-corrected chi connectivity index (χ1v) is 8.02. The second-order valence-electron chi connectivity index (χ2n) is 5.17. The summed E-state index contributed by atoms with van der Waals surface area (Å²) in [4.78, 5) is 0. The van der Waals surface area contributed by atoms with Crippen molar-refractivity contribution in [1.82, 2.24) is 5.32 Å². The molecule has 0 bridgehead atoms. The zero-order valence-corrected chi connectivity index (χ0v) is 13.8. The van der Waals surface area contributed by atoms with Crippen LogP contribution in [0.5, 0.6) is 0 Å². The van der Waals surface area contributed by atoms with Crippen molar-refractivity contribution in [1.29, 1.82) is 0 Å². The Morgan fingerprint density at radius 2 is 1.85 bits per heavy atom. The molecule has 1 N–H and O–H groups in total. The van der Waals surface area contributed by atoms with Crippen LogP contribution in [-0.4, -0.2) is 6.54 Å². The van der Waals surface area contributed by atoms with Crippen molar-refractivity contribution >= 4 is 26.7 Å². The van der Waals surface area contributed by atoms with Crippen LogP contribution in [-0.2, 0) is 0 Å². The van der Waals surface area contributed by atoms with Crippen molar-refractivity contribution < 1.29 is 0 Å². The zero-order chi connectivity index (χ0) is 14.5. The number of hydrogen-bond acceptors (Lipinski definition) is 1. The van der Waals surface area contributed by atoms with Crippen molar-refractivity contribution in [3.8, 4) is 0 Å². The summed E-state index contributed by atoms with van der Waals surface area (Å²) in [6.07, 6.45) is 2.05. The Hall–Kier alpha value is -1.12. The van der Waals surface area contributed by atoms with Gasteiger partial charge in [-0.25, -0.2) is 0 Å². The molecule has 106 valence electrons. The summed E-state index contributed by atoms with van der Waals surface area (Å²) >= 11 is 3.52. The highest BCUT2D eigenvalue weighted by Gasteiger charge is 2.11. The van der Waals surface area contributed by atoms with Gasteiger partial charge in [-0.1, -0.05) is 60.1 Å². The molecule has 0 aliphatic rings. The molecule has 0 saturated heterocycles. The molecule has 2 aromatic rings. The largest absolute Gasteiger partial charge is 0.310 e. The van der Waals surface area contributed by atoms with Crippen LogP contribution in [0.15, 0.2) is 53.0 Å². The molecule has 1 atom stereocenters. The van der Waals surface area contributed by atoms with Crippen LogP contribution in [0.4, 0.5) is 0 Å². The van der Waals surface area contributed by atoms with E-state index in [2.05, 4.69) is 78.1 Å². The molecule has 1 nitrogen and oxygen atoms in total. The topological polar surface area (TPSA) is 12.0 Å². The number of halogens is 1. The third kappa shape index (κ3) is 3.71. The highest BCUT2D eigenvalue weighted by Crippen LogP contribution is 2.27. The average Bonchev–Trinajstić information content (AvgIpc) is 2.46. The molecule has 2 aromatic carbocycles. The molecular formula is C18H22BrN. The average molecular weight is 332 g/mol. The fourth-order valence-corrected chi connectivity index (χ4v) is 2.82. The summed E-state index contributed by atoms with van der Waals surface area (Å²) in [5, 5.41) is 6.13. The van der Waals surface area contributed by atoms with Crippen molar-refractivity contribution in [3.05, 3.63) is 58.6 Å². The molecule has 20 heavy (non-hydrogen) atoms. The van der Waals surface area contributed by atoms with Gasteiger partial charge in [-0.2, -0.15) is 0 Å². The van der Waals surface area contributed by atoms with Gasteiger partial charge in [-0.05, 0) is 53.9 Å². The maximum Gasteiger partial charge on any atom is 0.0357 e. The van der Waals surface area contributed by atoms with Crippen LogP contribution in [0.1, 0.15) is 38.3 Å². The fourth-order valence-electron chi connectivity index (χ4n) is 2.44. The molecular weight excluding hydrogens is 310 g/mol. The predicted octanol–water partition coefficient (Wildman–Crippen LogP) is 5.61. The number of rotatable bonds is 6. The molecule has 0 aromatic heterocycles. The predicted molar refractivity (Wildman–Crippen MR) is 92.1 cm³/mol. The lowest BCUT2D eigenvalue weighted by Gasteiger charge is -2.20. The number of benzene rings is 2. The minimum absolute atomic E-state index is 0.362. The van der Waals surface area contributed by atoms with E-state index < -0.39 is 0 Å². The van der Waals surface area contributed by atoms with Gasteiger partial charge in [0.1, 0.15) is 0 Å². The summed E-state index contributed by atoms with van der Waals surface area (Å²) in [5.74, 6) is 0. The summed E-state index contributed by atoms with van der Waals surface area (Å²) in [6, 6.07) is 13.5. The maximum atomic E-state index is 4.15. The fraction of sp³-hybridized carbons (Fsp3) is 0.333. The summed E-state index contributed by atoms with van der Waals surface area (Å²) in [6.45, 7) is 9.44. The minimum Gasteiger partial charge on any atom is -0.310 e. The molecule has 0 saturated carbocycles. The molecule has 0 radical (unpaired) electrons. The van der Waals surface area contributed by atoms with E-state index in [1.807, 2.05) is 0 Å². The molecule has 0 heterocycles. The highest BCUT2D eigenvalue weighted by atomic mass is 79.9. The first-order valence-electron chi connectivity index (χ1n) is 7.23. The van der Waals surface area contributed by atoms with Gasteiger partial charge in [0.15, 0.2) is 0 Å². The molecule has 2 heteroatoms. The molecule has 0 aliphatic carbocycles. The SMILES string of the molecule is C=C(CC)CC(NCC)c1ccc2cc(Br)ccc2c1. The van der Waals surface area contributed by atoms with Crippen LogP contribution in [0.3, 0.4) is 0 Å². The van der Waals surface area contributed by atoms with E-state index >= 15 is 0 Å². The van der Waals surface area contributed by atoms with Crippen LogP contribution >= 0.6 is 15.9 Å². The van der Waals surface area contributed by atoms with Crippen molar-refractivity contribution in [3.63, 3.8) is 0 Å². The first-order chi connectivity index (χ1) is 9.63. The summed E-state index contributed by atoms with van der Waals surface area (Å²) in [5.41, 5.74) is 2.64. The highest BCUT2D eigenvalue weighted by molar-refractivity contribution is 9.10. The van der Waals surface area contributed by atoms with E-state index in [1.54, 1.807) is 0 Å².